The molecule has 0 aliphatic heterocycles. The molecule has 0 fully saturated rings. The number of esters is 1. The molecule has 0 aliphatic rings. The third-order valence-electron chi connectivity index (χ3n) is 2.96. The number of fused-ring (bicyclic) bond motifs is 1. The van der Waals surface area contributed by atoms with Crippen LogP contribution in [0.2, 0.25) is 0 Å². The highest BCUT2D eigenvalue weighted by Gasteiger charge is 2.17. The lowest BCUT2D eigenvalue weighted by atomic mass is 10.3. The van der Waals surface area contributed by atoms with E-state index in [9.17, 15) is 4.79 Å². The second-order valence-electron chi connectivity index (χ2n) is 4.19. The fourth-order valence-electron chi connectivity index (χ4n) is 2.05. The number of furan rings is 1. The maximum absolute atomic E-state index is 11.6. The van der Waals surface area contributed by atoms with Crippen molar-refractivity contribution >= 4 is 32.9 Å². The maximum Gasteiger partial charge on any atom is 0.325 e. The highest BCUT2D eigenvalue weighted by Crippen LogP contribution is 2.28. The van der Waals surface area contributed by atoms with E-state index < -0.39 is 0 Å². The van der Waals surface area contributed by atoms with Crippen LogP contribution in [0.15, 0.2) is 45.5 Å². The van der Waals surface area contributed by atoms with Gasteiger partial charge in [-0.25, -0.2) is 4.98 Å². The molecule has 20 heavy (non-hydrogen) atoms. The van der Waals surface area contributed by atoms with Gasteiger partial charge in [0, 0.05) is 0 Å². The van der Waals surface area contributed by atoms with Gasteiger partial charge in [-0.05, 0) is 40.2 Å². The summed E-state index contributed by atoms with van der Waals surface area (Å²) in [4.78, 5) is 16.1. The number of hydrogen-bond donors (Lipinski definition) is 0. The van der Waals surface area contributed by atoms with E-state index >= 15 is 0 Å². The molecule has 2 aromatic heterocycles. The summed E-state index contributed by atoms with van der Waals surface area (Å²) in [6, 6.07) is 11.2. The number of ether oxygens (including phenoxy) is 1. The van der Waals surface area contributed by atoms with Crippen molar-refractivity contribution in [3.63, 3.8) is 0 Å². The van der Waals surface area contributed by atoms with Crippen LogP contribution < -0.4 is 0 Å². The molecule has 0 atom stereocenters. The zero-order valence-corrected chi connectivity index (χ0v) is 12.3. The average Bonchev–Trinajstić information content (AvgIpc) is 3.03. The van der Waals surface area contributed by atoms with E-state index in [0.717, 1.165) is 11.0 Å². The maximum atomic E-state index is 11.6. The molecule has 0 saturated heterocycles. The first-order valence-corrected chi connectivity index (χ1v) is 6.76. The monoisotopic (exact) mass is 334 g/mol. The van der Waals surface area contributed by atoms with E-state index in [4.69, 9.17) is 9.15 Å². The van der Waals surface area contributed by atoms with E-state index in [1.54, 1.807) is 16.7 Å². The van der Waals surface area contributed by atoms with Gasteiger partial charge in [-0.2, -0.15) is 0 Å². The Morgan fingerprint density at radius 2 is 2.15 bits per heavy atom. The molecule has 5 nitrogen and oxygen atoms in total. The number of carbonyl (C=O) groups is 1. The summed E-state index contributed by atoms with van der Waals surface area (Å²) >= 11 is 3.27. The summed E-state index contributed by atoms with van der Waals surface area (Å²) in [6.45, 7) is 0.0880. The third kappa shape index (κ3) is 2.22. The predicted octanol–water partition coefficient (Wildman–Crippen LogP) is 3.23. The van der Waals surface area contributed by atoms with Gasteiger partial charge in [0.15, 0.2) is 16.3 Å². The van der Waals surface area contributed by atoms with Gasteiger partial charge in [0.1, 0.15) is 6.54 Å². The van der Waals surface area contributed by atoms with Crippen molar-refractivity contribution in [1.82, 2.24) is 9.55 Å². The largest absolute Gasteiger partial charge is 0.468 e. The SMILES string of the molecule is COC(=O)Cn1c(-c2ccc(Br)o2)nc2ccccc21. The Morgan fingerprint density at radius 1 is 1.35 bits per heavy atom. The fourth-order valence-corrected chi connectivity index (χ4v) is 2.36. The fraction of sp³-hybridized carbons (Fsp3) is 0.143. The summed E-state index contributed by atoms with van der Waals surface area (Å²) in [7, 11) is 1.37. The van der Waals surface area contributed by atoms with Crippen molar-refractivity contribution in [3.8, 4) is 11.6 Å². The van der Waals surface area contributed by atoms with Crippen LogP contribution in [0.3, 0.4) is 0 Å². The molecule has 0 N–H and O–H groups in total. The number of benzene rings is 1. The van der Waals surface area contributed by atoms with Crippen molar-refractivity contribution in [2.75, 3.05) is 7.11 Å². The molecule has 0 amide bonds. The molecule has 0 aliphatic carbocycles. The first kappa shape index (κ1) is 12.9. The normalized spacial score (nSPS) is 10.9. The van der Waals surface area contributed by atoms with Crippen LogP contribution in [-0.4, -0.2) is 22.6 Å². The number of hydrogen-bond acceptors (Lipinski definition) is 4. The lowest BCUT2D eigenvalue weighted by Gasteiger charge is -2.05. The summed E-state index contributed by atoms with van der Waals surface area (Å²) < 4.78 is 12.7. The van der Waals surface area contributed by atoms with Crippen molar-refractivity contribution < 1.29 is 13.9 Å². The highest BCUT2D eigenvalue weighted by molar-refractivity contribution is 9.10. The van der Waals surface area contributed by atoms with Gasteiger partial charge in [0.25, 0.3) is 0 Å². The van der Waals surface area contributed by atoms with Crippen LogP contribution in [0, 0.1) is 0 Å². The van der Waals surface area contributed by atoms with Gasteiger partial charge >= 0.3 is 5.97 Å². The Hall–Kier alpha value is -2.08. The van der Waals surface area contributed by atoms with E-state index in [2.05, 4.69) is 20.9 Å². The van der Waals surface area contributed by atoms with Crippen LogP contribution in [0.4, 0.5) is 0 Å². The van der Waals surface area contributed by atoms with Crippen molar-refractivity contribution in [2.45, 2.75) is 6.54 Å². The quantitative estimate of drug-likeness (QED) is 0.690. The van der Waals surface area contributed by atoms with Gasteiger partial charge in [-0.1, -0.05) is 12.1 Å². The number of para-hydroxylation sites is 2. The standard InChI is InChI=1S/C14H11BrN2O3/c1-19-13(18)8-17-10-5-3-2-4-9(10)16-14(17)11-6-7-12(15)20-11/h2-7H,8H2,1H3. The Bertz CT molecular complexity index is 776. The molecule has 0 bridgehead atoms. The van der Waals surface area contributed by atoms with Crippen molar-refractivity contribution in [2.24, 2.45) is 0 Å². The minimum absolute atomic E-state index is 0.0880. The highest BCUT2D eigenvalue weighted by atomic mass is 79.9. The van der Waals surface area contributed by atoms with Crippen LogP contribution in [0.1, 0.15) is 0 Å². The average molecular weight is 335 g/mol. The lowest BCUT2D eigenvalue weighted by Crippen LogP contribution is -2.12. The molecule has 3 aromatic rings. The second kappa shape index (κ2) is 5.13. The van der Waals surface area contributed by atoms with Gasteiger partial charge in [-0.3, -0.25) is 4.79 Å². The zero-order chi connectivity index (χ0) is 14.1. The van der Waals surface area contributed by atoms with Crippen LogP contribution in [0.25, 0.3) is 22.6 Å². The van der Waals surface area contributed by atoms with E-state index in [0.29, 0.717) is 16.3 Å². The molecule has 0 spiro atoms. The minimum Gasteiger partial charge on any atom is -0.468 e. The number of methoxy groups -OCH3 is 1. The first-order chi connectivity index (χ1) is 9.69. The second-order valence-corrected chi connectivity index (χ2v) is 4.97. The molecule has 1 aromatic carbocycles. The van der Waals surface area contributed by atoms with Gasteiger partial charge in [-0.15, -0.1) is 0 Å². The van der Waals surface area contributed by atoms with E-state index in [-0.39, 0.29) is 12.5 Å². The van der Waals surface area contributed by atoms with Gasteiger partial charge in [0.2, 0.25) is 0 Å². The number of aromatic nitrogens is 2. The number of imidazole rings is 1. The summed E-state index contributed by atoms with van der Waals surface area (Å²) in [5.41, 5.74) is 1.67. The van der Waals surface area contributed by atoms with E-state index in [1.807, 2.05) is 24.3 Å². The smallest absolute Gasteiger partial charge is 0.325 e. The molecule has 0 radical (unpaired) electrons. The Balaban J connectivity index is 2.19. The van der Waals surface area contributed by atoms with Crippen molar-refractivity contribution in [3.05, 3.63) is 41.1 Å². The Labute approximate surface area is 123 Å². The summed E-state index contributed by atoms with van der Waals surface area (Å²) in [5, 5.41) is 0. The molecule has 6 heteroatoms. The number of nitrogens with zero attached hydrogens (tertiary/aromatic N) is 2. The molecule has 0 saturated carbocycles. The molecule has 2 heterocycles. The molecular weight excluding hydrogens is 324 g/mol. The minimum atomic E-state index is -0.333. The molecule has 102 valence electrons. The number of rotatable bonds is 3. The number of halogens is 1. The zero-order valence-electron chi connectivity index (χ0n) is 10.7. The molecule has 3 rings (SSSR count). The van der Waals surface area contributed by atoms with Gasteiger partial charge < -0.3 is 13.7 Å². The third-order valence-corrected chi connectivity index (χ3v) is 3.39. The Morgan fingerprint density at radius 3 is 2.85 bits per heavy atom. The van der Waals surface area contributed by atoms with Gasteiger partial charge in [0.05, 0.1) is 18.1 Å². The van der Waals surface area contributed by atoms with Crippen LogP contribution >= 0.6 is 15.9 Å². The van der Waals surface area contributed by atoms with Crippen LogP contribution in [0.5, 0.6) is 0 Å². The van der Waals surface area contributed by atoms with Crippen molar-refractivity contribution in [1.29, 1.82) is 0 Å². The topological polar surface area (TPSA) is 57.3 Å². The molecular formula is C14H11BrN2O3. The summed E-state index contributed by atoms with van der Waals surface area (Å²) in [5.74, 6) is 0.860. The molecule has 0 unspecified atom stereocenters. The first-order valence-electron chi connectivity index (χ1n) is 5.97. The number of carbonyl (C=O) groups excluding carboxylic acids is 1. The summed E-state index contributed by atoms with van der Waals surface area (Å²) in [6.07, 6.45) is 0. The van der Waals surface area contributed by atoms with E-state index in [1.165, 1.54) is 7.11 Å². The predicted molar refractivity (Wildman–Crippen MR) is 77.2 cm³/mol. The Kier molecular flexibility index (Phi) is 3.31. The lowest BCUT2D eigenvalue weighted by molar-refractivity contribution is -0.141. The van der Waals surface area contributed by atoms with Crippen LogP contribution in [-0.2, 0) is 16.1 Å².